The SMILES string of the molecule is CC(C)=CCC[C@]1(C)C=Cc2c(O)c3c(c(CC=C(C)C)c2O1)OC12C(CC4CC1C(C)(C)OC2(C/C=C(/C)C(=O)O)C4O)C3=O. The van der Waals surface area contributed by atoms with Crippen LogP contribution >= 0.6 is 0 Å². The first-order valence-electron chi connectivity index (χ1n) is 16.6. The number of hydrogen-bond donors (Lipinski definition) is 3. The fraction of sp³-hybridized carbons (Fsp3) is 0.579. The summed E-state index contributed by atoms with van der Waals surface area (Å²) in [6.45, 7) is 15.6. The normalized spacial score (nSPS) is 34.5. The van der Waals surface area contributed by atoms with Gasteiger partial charge in [0.1, 0.15) is 34.0 Å². The molecule has 8 heteroatoms. The molecule has 3 aliphatic carbocycles. The molecule has 3 heterocycles. The topological polar surface area (TPSA) is 123 Å². The Morgan fingerprint density at radius 1 is 1.00 bits per heavy atom. The van der Waals surface area contributed by atoms with E-state index in [4.69, 9.17) is 14.2 Å². The van der Waals surface area contributed by atoms with Crippen LogP contribution in [0.4, 0.5) is 0 Å². The number of rotatable bonds is 8. The van der Waals surface area contributed by atoms with Crippen LogP contribution in [0.15, 0.2) is 41.0 Å². The number of carbonyl (C=O) groups is 2. The predicted octanol–water partition coefficient (Wildman–Crippen LogP) is 7.11. The van der Waals surface area contributed by atoms with Gasteiger partial charge in [0, 0.05) is 23.5 Å². The second-order valence-corrected chi connectivity index (χ2v) is 15.4. The first-order chi connectivity index (χ1) is 21.5. The summed E-state index contributed by atoms with van der Waals surface area (Å²) >= 11 is 0. The highest BCUT2D eigenvalue weighted by Crippen LogP contribution is 2.71. The second kappa shape index (κ2) is 10.8. The summed E-state index contributed by atoms with van der Waals surface area (Å²) in [4.78, 5) is 26.6. The zero-order valence-electron chi connectivity index (χ0n) is 28.3. The Morgan fingerprint density at radius 3 is 2.35 bits per heavy atom. The van der Waals surface area contributed by atoms with E-state index < -0.39 is 40.4 Å². The quantitative estimate of drug-likeness (QED) is 0.205. The van der Waals surface area contributed by atoms with Crippen molar-refractivity contribution >= 4 is 17.8 Å². The number of aliphatic hydroxyl groups excluding tert-OH is 1. The molecular weight excluding hydrogens is 584 g/mol. The van der Waals surface area contributed by atoms with Crippen molar-refractivity contribution in [2.75, 3.05) is 0 Å². The molecule has 1 saturated heterocycles. The van der Waals surface area contributed by atoms with Crippen LogP contribution in [0.3, 0.4) is 0 Å². The molecule has 6 unspecified atom stereocenters. The molecule has 248 valence electrons. The summed E-state index contributed by atoms with van der Waals surface area (Å²) in [6.07, 6.45) is 11.7. The van der Waals surface area contributed by atoms with E-state index in [1.165, 1.54) is 12.5 Å². The van der Waals surface area contributed by atoms with Crippen molar-refractivity contribution in [2.45, 2.75) is 122 Å². The van der Waals surface area contributed by atoms with E-state index >= 15 is 0 Å². The lowest BCUT2D eigenvalue weighted by Gasteiger charge is -2.63. The van der Waals surface area contributed by atoms with Crippen LogP contribution in [0, 0.1) is 17.8 Å². The van der Waals surface area contributed by atoms with Crippen molar-refractivity contribution in [1.29, 1.82) is 0 Å². The van der Waals surface area contributed by atoms with Gasteiger partial charge in [-0.25, -0.2) is 4.79 Å². The number of allylic oxidation sites excluding steroid dienone is 4. The van der Waals surface area contributed by atoms with Gasteiger partial charge in [0.2, 0.25) is 0 Å². The van der Waals surface area contributed by atoms with Gasteiger partial charge in [-0.05, 0) is 106 Å². The van der Waals surface area contributed by atoms with E-state index in [2.05, 4.69) is 26.0 Å². The lowest BCUT2D eigenvalue weighted by Crippen LogP contribution is -2.77. The van der Waals surface area contributed by atoms with E-state index in [-0.39, 0.29) is 46.7 Å². The summed E-state index contributed by atoms with van der Waals surface area (Å²) in [5.74, 6) is -1.84. The van der Waals surface area contributed by atoms with Crippen LogP contribution in [-0.4, -0.2) is 55.6 Å². The van der Waals surface area contributed by atoms with E-state index in [0.717, 1.165) is 18.4 Å². The average molecular weight is 633 g/mol. The summed E-state index contributed by atoms with van der Waals surface area (Å²) in [6, 6.07) is 0. The van der Waals surface area contributed by atoms with Gasteiger partial charge < -0.3 is 29.5 Å². The zero-order valence-corrected chi connectivity index (χ0v) is 28.3. The molecule has 0 radical (unpaired) electrons. The number of ether oxygens (including phenoxy) is 3. The fourth-order valence-electron chi connectivity index (χ4n) is 9.00. The molecule has 7 rings (SSSR count). The minimum absolute atomic E-state index is 0.0732. The van der Waals surface area contributed by atoms with E-state index in [9.17, 15) is 24.9 Å². The Kier molecular flexibility index (Phi) is 7.68. The molecule has 4 bridgehead atoms. The Labute approximate surface area is 271 Å². The van der Waals surface area contributed by atoms with Crippen LogP contribution in [0.5, 0.6) is 17.2 Å². The fourth-order valence-corrected chi connectivity index (χ4v) is 9.00. The molecule has 4 fully saturated rings. The molecule has 3 saturated carbocycles. The number of carboxylic acid groups (broad SMARTS) is 1. The van der Waals surface area contributed by atoms with Gasteiger partial charge in [-0.2, -0.15) is 0 Å². The minimum Gasteiger partial charge on any atom is -0.506 e. The number of fused-ring (bicyclic) bond motifs is 2. The second-order valence-electron chi connectivity index (χ2n) is 15.4. The highest BCUT2D eigenvalue weighted by Gasteiger charge is 2.83. The number of phenols is 1. The van der Waals surface area contributed by atoms with Gasteiger partial charge in [-0.1, -0.05) is 29.4 Å². The number of aliphatic hydroxyl groups is 1. The van der Waals surface area contributed by atoms with Crippen LogP contribution in [0.1, 0.15) is 109 Å². The van der Waals surface area contributed by atoms with Crippen molar-refractivity contribution < 1.29 is 39.1 Å². The number of benzene rings is 1. The summed E-state index contributed by atoms with van der Waals surface area (Å²) in [5.41, 5.74) is -0.321. The van der Waals surface area contributed by atoms with E-state index in [1.54, 1.807) is 6.08 Å². The van der Waals surface area contributed by atoms with E-state index in [1.807, 2.05) is 46.8 Å². The monoisotopic (exact) mass is 632 g/mol. The average Bonchev–Trinajstić information content (AvgIpc) is 3.12. The first-order valence-corrected chi connectivity index (χ1v) is 16.6. The Bertz CT molecular complexity index is 1620. The van der Waals surface area contributed by atoms with Gasteiger partial charge in [-0.15, -0.1) is 0 Å². The molecule has 3 N–H and O–H groups in total. The first kappa shape index (κ1) is 32.6. The molecule has 1 aromatic carbocycles. The van der Waals surface area contributed by atoms with Crippen LogP contribution in [0.2, 0.25) is 0 Å². The van der Waals surface area contributed by atoms with Crippen molar-refractivity contribution in [3.8, 4) is 17.2 Å². The number of Topliss-reactive ketones (excluding diaryl/α,β-unsaturated/α-hetero) is 1. The lowest BCUT2D eigenvalue weighted by molar-refractivity contribution is -0.253. The maximum absolute atomic E-state index is 14.8. The number of hydrogen-bond acceptors (Lipinski definition) is 7. The highest BCUT2D eigenvalue weighted by molar-refractivity contribution is 6.07. The summed E-state index contributed by atoms with van der Waals surface area (Å²) in [7, 11) is 0. The number of phenolic OH excluding ortho intramolecular Hbond substituents is 1. The Balaban J connectivity index is 1.57. The van der Waals surface area contributed by atoms with Crippen LogP contribution < -0.4 is 9.47 Å². The van der Waals surface area contributed by atoms with Gasteiger partial charge in [-0.3, -0.25) is 4.79 Å². The van der Waals surface area contributed by atoms with Crippen molar-refractivity contribution in [2.24, 2.45) is 17.8 Å². The number of aliphatic carboxylic acids is 1. The Morgan fingerprint density at radius 2 is 1.70 bits per heavy atom. The van der Waals surface area contributed by atoms with Gasteiger partial charge in [0.25, 0.3) is 0 Å². The number of carboxylic acids is 1. The lowest BCUT2D eigenvalue weighted by atomic mass is 9.46. The molecule has 3 aliphatic heterocycles. The third-order valence-corrected chi connectivity index (χ3v) is 11.2. The van der Waals surface area contributed by atoms with Crippen LogP contribution in [-0.2, 0) is 16.0 Å². The van der Waals surface area contributed by atoms with E-state index in [0.29, 0.717) is 36.1 Å². The third-order valence-electron chi connectivity index (χ3n) is 11.2. The maximum Gasteiger partial charge on any atom is 0.330 e. The molecule has 46 heavy (non-hydrogen) atoms. The van der Waals surface area contributed by atoms with Crippen molar-refractivity contribution in [1.82, 2.24) is 0 Å². The summed E-state index contributed by atoms with van der Waals surface area (Å²) in [5, 5.41) is 33.5. The minimum atomic E-state index is -1.37. The summed E-state index contributed by atoms with van der Waals surface area (Å²) < 4.78 is 20.9. The molecule has 8 nitrogen and oxygen atoms in total. The molecule has 1 spiro atoms. The Hall–Kier alpha value is -3.36. The van der Waals surface area contributed by atoms with Gasteiger partial charge in [0.05, 0.1) is 23.2 Å². The standard InChI is InChI=1S/C38H48O8/c1-20(2)10-9-15-36(8)16-14-24-29(39)28-30(40)26-18-23-19-27-35(6,7)46-37(33(23)41,17-13-22(5)34(42)43)38(26,27)45-32(28)25(31(24)44-36)12-11-21(3)4/h10-11,13-14,16,23,26-27,33,39,41H,9,12,15,17-19H2,1-8H3,(H,42,43)/b22-13-/t23?,26?,27?,33?,36-,37?,38?/m1/s1. The van der Waals surface area contributed by atoms with Crippen molar-refractivity contribution in [3.05, 3.63) is 57.7 Å². The molecular formula is C38H48O8. The van der Waals surface area contributed by atoms with Crippen LogP contribution in [0.25, 0.3) is 6.08 Å². The molecule has 0 amide bonds. The zero-order chi connectivity index (χ0) is 33.6. The van der Waals surface area contributed by atoms with Crippen molar-refractivity contribution in [3.63, 3.8) is 0 Å². The molecule has 1 aromatic rings. The highest BCUT2D eigenvalue weighted by atomic mass is 16.6. The van der Waals surface area contributed by atoms with Gasteiger partial charge >= 0.3 is 5.97 Å². The maximum atomic E-state index is 14.8. The third kappa shape index (κ3) is 4.61. The predicted molar refractivity (Wildman–Crippen MR) is 175 cm³/mol. The smallest absolute Gasteiger partial charge is 0.330 e. The number of aromatic hydroxyl groups is 1. The largest absolute Gasteiger partial charge is 0.506 e. The number of ketones is 1. The molecule has 0 aromatic heterocycles. The van der Waals surface area contributed by atoms with Gasteiger partial charge in [0.15, 0.2) is 11.4 Å². The number of carbonyl (C=O) groups excluding carboxylic acids is 1. The molecule has 6 aliphatic rings. The molecule has 7 atom stereocenters.